The number of anilines is 2. The Bertz CT molecular complexity index is 1030. The second-order valence-corrected chi connectivity index (χ2v) is 8.34. The first-order chi connectivity index (χ1) is 14.0. The number of hydrogen-bond acceptors (Lipinski definition) is 3. The number of halogens is 1. The normalized spacial score (nSPS) is 15.1. The van der Waals surface area contributed by atoms with Gasteiger partial charge in [-0.1, -0.05) is 18.5 Å². The molecule has 29 heavy (non-hydrogen) atoms. The Kier molecular flexibility index (Phi) is 5.50. The maximum absolute atomic E-state index is 13.1. The third-order valence-electron chi connectivity index (χ3n) is 5.92. The van der Waals surface area contributed by atoms with E-state index in [9.17, 15) is 4.79 Å². The zero-order valence-electron chi connectivity index (χ0n) is 17.2. The predicted molar refractivity (Wildman–Crippen MR) is 120 cm³/mol. The molecular formula is C23H27ClN4O. The summed E-state index contributed by atoms with van der Waals surface area (Å²) in [7, 11) is 0. The summed E-state index contributed by atoms with van der Waals surface area (Å²) in [5, 5.41) is 4.70. The second kappa shape index (κ2) is 8.07. The average molecular weight is 411 g/mol. The monoisotopic (exact) mass is 410 g/mol. The fourth-order valence-corrected chi connectivity index (χ4v) is 4.36. The van der Waals surface area contributed by atoms with E-state index in [4.69, 9.17) is 11.6 Å². The Morgan fingerprint density at radius 2 is 2.00 bits per heavy atom. The summed E-state index contributed by atoms with van der Waals surface area (Å²) in [5.74, 6) is 1.63. The summed E-state index contributed by atoms with van der Waals surface area (Å²) in [6.45, 7) is 9.10. The molecule has 0 saturated carbocycles. The van der Waals surface area contributed by atoms with Gasteiger partial charge in [0.2, 0.25) is 0 Å². The zero-order valence-corrected chi connectivity index (χ0v) is 18.0. The van der Waals surface area contributed by atoms with Gasteiger partial charge in [0.15, 0.2) is 0 Å². The summed E-state index contributed by atoms with van der Waals surface area (Å²) < 4.78 is 2.03. The molecule has 1 aliphatic heterocycles. The van der Waals surface area contributed by atoms with Gasteiger partial charge in [-0.2, -0.15) is 0 Å². The molecule has 0 bridgehead atoms. The number of nitrogens with zero attached hydrogens (tertiary/aromatic N) is 3. The van der Waals surface area contributed by atoms with Gasteiger partial charge < -0.3 is 14.8 Å². The highest BCUT2D eigenvalue weighted by Crippen LogP contribution is 2.29. The minimum Gasteiger partial charge on any atom is -0.357 e. The standard InChI is InChI=1S/C23H27ClN4O/c1-4-28-20-7-5-17(24)13-19(20)16(3)22(28)23(29)26-18-6-8-21(25-14-18)27-11-9-15(2)10-12-27/h5-8,13-15H,4,9-12H2,1-3H3,(H,26,29). The van der Waals surface area contributed by atoms with Crippen LogP contribution >= 0.6 is 11.6 Å². The summed E-state index contributed by atoms with van der Waals surface area (Å²) in [4.78, 5) is 20.0. The van der Waals surface area contributed by atoms with E-state index in [1.807, 2.05) is 48.7 Å². The number of rotatable bonds is 4. The number of benzene rings is 1. The van der Waals surface area contributed by atoms with Crippen molar-refractivity contribution in [2.45, 2.75) is 40.2 Å². The number of amides is 1. The van der Waals surface area contributed by atoms with Crippen LogP contribution in [0.15, 0.2) is 36.5 Å². The van der Waals surface area contributed by atoms with Crippen molar-refractivity contribution in [2.75, 3.05) is 23.3 Å². The van der Waals surface area contributed by atoms with Crippen molar-refractivity contribution in [3.63, 3.8) is 0 Å². The van der Waals surface area contributed by atoms with Crippen molar-refractivity contribution in [3.8, 4) is 0 Å². The molecule has 2 aromatic heterocycles. The fourth-order valence-electron chi connectivity index (χ4n) is 4.19. The maximum atomic E-state index is 13.1. The van der Waals surface area contributed by atoms with Gasteiger partial charge in [-0.05, 0) is 68.5 Å². The Balaban J connectivity index is 1.56. The molecule has 1 aromatic carbocycles. The predicted octanol–water partition coefficient (Wildman–Crippen LogP) is 5.51. The van der Waals surface area contributed by atoms with Crippen molar-refractivity contribution < 1.29 is 4.79 Å². The zero-order chi connectivity index (χ0) is 20.5. The molecule has 1 aliphatic rings. The molecule has 3 heterocycles. The van der Waals surface area contributed by atoms with E-state index < -0.39 is 0 Å². The van der Waals surface area contributed by atoms with Crippen LogP contribution in [0.25, 0.3) is 10.9 Å². The van der Waals surface area contributed by atoms with Crippen molar-refractivity contribution in [2.24, 2.45) is 5.92 Å². The van der Waals surface area contributed by atoms with Crippen molar-refractivity contribution in [1.29, 1.82) is 0 Å². The van der Waals surface area contributed by atoms with E-state index >= 15 is 0 Å². The number of aryl methyl sites for hydroxylation is 2. The smallest absolute Gasteiger partial charge is 0.272 e. The minimum atomic E-state index is -0.127. The van der Waals surface area contributed by atoms with Crippen LogP contribution in [0.5, 0.6) is 0 Å². The lowest BCUT2D eigenvalue weighted by Gasteiger charge is -2.31. The third-order valence-corrected chi connectivity index (χ3v) is 6.16. The van der Waals surface area contributed by atoms with E-state index in [0.717, 1.165) is 41.3 Å². The highest BCUT2D eigenvalue weighted by Gasteiger charge is 2.21. The van der Waals surface area contributed by atoms with Crippen LogP contribution in [0.4, 0.5) is 11.5 Å². The highest BCUT2D eigenvalue weighted by atomic mass is 35.5. The highest BCUT2D eigenvalue weighted by molar-refractivity contribution is 6.31. The van der Waals surface area contributed by atoms with E-state index in [1.54, 1.807) is 6.20 Å². The largest absolute Gasteiger partial charge is 0.357 e. The number of fused-ring (bicyclic) bond motifs is 1. The lowest BCUT2D eigenvalue weighted by atomic mass is 9.99. The van der Waals surface area contributed by atoms with Crippen LogP contribution in [0.3, 0.4) is 0 Å². The molecular weight excluding hydrogens is 384 g/mol. The van der Waals surface area contributed by atoms with E-state index in [1.165, 1.54) is 12.8 Å². The maximum Gasteiger partial charge on any atom is 0.272 e. The number of aromatic nitrogens is 2. The number of nitrogens with one attached hydrogen (secondary N) is 1. The number of piperidine rings is 1. The molecule has 5 nitrogen and oxygen atoms in total. The molecule has 0 spiro atoms. The van der Waals surface area contributed by atoms with Gasteiger partial charge in [-0.25, -0.2) is 4.98 Å². The van der Waals surface area contributed by atoms with Gasteiger partial charge in [-0.3, -0.25) is 4.79 Å². The molecule has 1 amide bonds. The number of carbonyl (C=O) groups excluding carboxylic acids is 1. The molecule has 3 aromatic rings. The van der Waals surface area contributed by atoms with Crippen molar-refractivity contribution in [1.82, 2.24) is 9.55 Å². The Morgan fingerprint density at radius 3 is 2.66 bits per heavy atom. The van der Waals surface area contributed by atoms with Crippen molar-refractivity contribution in [3.05, 3.63) is 52.8 Å². The molecule has 4 rings (SSSR count). The molecule has 0 atom stereocenters. The van der Waals surface area contributed by atoms with E-state index in [2.05, 4.69) is 22.1 Å². The van der Waals surface area contributed by atoms with Gasteiger partial charge in [0.1, 0.15) is 11.5 Å². The summed E-state index contributed by atoms with van der Waals surface area (Å²) >= 11 is 6.17. The first-order valence-electron chi connectivity index (χ1n) is 10.3. The van der Waals surface area contributed by atoms with Crippen LogP contribution < -0.4 is 10.2 Å². The van der Waals surface area contributed by atoms with Crippen LogP contribution in [0.2, 0.25) is 5.02 Å². The van der Waals surface area contributed by atoms with Crippen LogP contribution in [-0.4, -0.2) is 28.5 Å². The Morgan fingerprint density at radius 1 is 1.24 bits per heavy atom. The van der Waals surface area contributed by atoms with Crippen LogP contribution in [0.1, 0.15) is 42.7 Å². The lowest BCUT2D eigenvalue weighted by Crippen LogP contribution is -2.33. The molecule has 0 aliphatic carbocycles. The molecule has 0 radical (unpaired) electrons. The molecule has 1 saturated heterocycles. The van der Waals surface area contributed by atoms with Crippen LogP contribution in [0, 0.1) is 12.8 Å². The van der Waals surface area contributed by atoms with Gasteiger partial charge in [-0.15, -0.1) is 0 Å². The number of carbonyl (C=O) groups is 1. The van der Waals surface area contributed by atoms with Gasteiger partial charge in [0, 0.05) is 35.6 Å². The molecule has 0 unspecified atom stereocenters. The topological polar surface area (TPSA) is 50.2 Å². The molecule has 1 N–H and O–H groups in total. The van der Waals surface area contributed by atoms with Crippen molar-refractivity contribution >= 4 is 39.9 Å². The summed E-state index contributed by atoms with van der Waals surface area (Å²) in [6, 6.07) is 9.68. The molecule has 1 fully saturated rings. The Labute approximate surface area is 176 Å². The third kappa shape index (κ3) is 3.84. The van der Waals surface area contributed by atoms with Gasteiger partial charge >= 0.3 is 0 Å². The number of hydrogen-bond donors (Lipinski definition) is 1. The quantitative estimate of drug-likeness (QED) is 0.617. The van der Waals surface area contributed by atoms with Gasteiger partial charge in [0.25, 0.3) is 5.91 Å². The molecule has 6 heteroatoms. The van der Waals surface area contributed by atoms with E-state index in [0.29, 0.717) is 22.9 Å². The SMILES string of the molecule is CCn1c(C(=O)Nc2ccc(N3CCC(C)CC3)nc2)c(C)c2cc(Cl)ccc21. The fraction of sp³-hybridized carbons (Fsp3) is 0.391. The summed E-state index contributed by atoms with van der Waals surface area (Å²) in [5.41, 5.74) is 3.33. The number of pyridine rings is 1. The minimum absolute atomic E-state index is 0.127. The summed E-state index contributed by atoms with van der Waals surface area (Å²) in [6.07, 6.45) is 4.15. The van der Waals surface area contributed by atoms with Gasteiger partial charge in [0.05, 0.1) is 11.9 Å². The second-order valence-electron chi connectivity index (χ2n) is 7.91. The van der Waals surface area contributed by atoms with E-state index in [-0.39, 0.29) is 5.91 Å². The first kappa shape index (κ1) is 19.8. The Hall–Kier alpha value is -2.53. The first-order valence-corrected chi connectivity index (χ1v) is 10.7. The average Bonchev–Trinajstić information content (AvgIpc) is 3.00. The van der Waals surface area contributed by atoms with Crippen LogP contribution in [-0.2, 0) is 6.54 Å². The lowest BCUT2D eigenvalue weighted by molar-refractivity contribution is 0.101. The molecule has 152 valence electrons.